The molecule has 0 aliphatic rings. The van der Waals surface area contributed by atoms with Crippen LogP contribution in [0.3, 0.4) is 0 Å². The van der Waals surface area contributed by atoms with Crippen molar-refractivity contribution < 1.29 is 5.11 Å². The molecule has 0 saturated carbocycles. The minimum Gasteiger partial charge on any atom is -0.392 e. The summed E-state index contributed by atoms with van der Waals surface area (Å²) in [4.78, 5) is 0. The molecular formula is C16H35NO. The summed E-state index contributed by atoms with van der Waals surface area (Å²) in [5.41, 5.74) is 0. The first-order valence-corrected chi connectivity index (χ1v) is 8.16. The average Bonchev–Trinajstić information content (AvgIpc) is 2.34. The van der Waals surface area contributed by atoms with Crippen LogP contribution in [0, 0.1) is 0 Å². The van der Waals surface area contributed by atoms with Crippen LogP contribution in [0.25, 0.3) is 0 Å². The third-order valence-electron chi connectivity index (χ3n) is 3.40. The maximum atomic E-state index is 9.07. The Hall–Kier alpha value is -0.0800. The molecule has 0 aromatic heterocycles. The van der Waals surface area contributed by atoms with Crippen LogP contribution in [0.5, 0.6) is 0 Å². The highest BCUT2D eigenvalue weighted by atomic mass is 16.3. The number of hydrogen-bond donors (Lipinski definition) is 2. The van der Waals surface area contributed by atoms with Crippen LogP contribution in [-0.2, 0) is 0 Å². The van der Waals surface area contributed by atoms with Crippen LogP contribution in [0.1, 0.15) is 84.5 Å². The molecular weight excluding hydrogens is 222 g/mol. The van der Waals surface area contributed by atoms with E-state index in [2.05, 4.69) is 12.2 Å². The van der Waals surface area contributed by atoms with Crippen LogP contribution in [-0.4, -0.2) is 24.3 Å². The molecule has 0 spiro atoms. The molecule has 110 valence electrons. The largest absolute Gasteiger partial charge is 0.392 e. The summed E-state index contributed by atoms with van der Waals surface area (Å²) < 4.78 is 0. The van der Waals surface area contributed by atoms with E-state index in [1.165, 1.54) is 70.6 Å². The molecule has 0 aliphatic carbocycles. The molecule has 1 atom stereocenters. The SMILES string of the molecule is CCCCCCCCCCCCCNCC(C)O. The summed E-state index contributed by atoms with van der Waals surface area (Å²) in [5, 5.41) is 12.3. The van der Waals surface area contributed by atoms with Crippen LogP contribution in [0.4, 0.5) is 0 Å². The predicted octanol–water partition coefficient (Wildman–Crippen LogP) is 4.27. The van der Waals surface area contributed by atoms with Gasteiger partial charge in [-0.25, -0.2) is 0 Å². The van der Waals surface area contributed by atoms with Gasteiger partial charge in [0.15, 0.2) is 0 Å². The van der Waals surface area contributed by atoms with Crippen molar-refractivity contribution in [2.75, 3.05) is 13.1 Å². The average molecular weight is 257 g/mol. The molecule has 1 unspecified atom stereocenters. The van der Waals surface area contributed by atoms with E-state index in [4.69, 9.17) is 5.11 Å². The van der Waals surface area contributed by atoms with Gasteiger partial charge in [0.2, 0.25) is 0 Å². The molecule has 0 saturated heterocycles. The molecule has 0 heterocycles. The van der Waals surface area contributed by atoms with Gasteiger partial charge in [0, 0.05) is 6.54 Å². The molecule has 0 aromatic carbocycles. The fraction of sp³-hybridized carbons (Fsp3) is 1.00. The van der Waals surface area contributed by atoms with E-state index in [0.717, 1.165) is 13.1 Å². The van der Waals surface area contributed by atoms with E-state index in [-0.39, 0.29) is 6.10 Å². The van der Waals surface area contributed by atoms with Gasteiger partial charge in [-0.1, -0.05) is 71.1 Å². The summed E-state index contributed by atoms with van der Waals surface area (Å²) in [6.07, 6.45) is 15.1. The Bertz CT molecular complexity index is 148. The molecule has 0 bridgehead atoms. The predicted molar refractivity (Wildman–Crippen MR) is 81.0 cm³/mol. The normalized spacial score (nSPS) is 12.8. The van der Waals surface area contributed by atoms with Crippen LogP contribution >= 0.6 is 0 Å². The second kappa shape index (κ2) is 15.0. The summed E-state index contributed by atoms with van der Waals surface area (Å²) in [6, 6.07) is 0. The van der Waals surface area contributed by atoms with Crippen LogP contribution in [0.15, 0.2) is 0 Å². The second-order valence-electron chi connectivity index (χ2n) is 5.59. The smallest absolute Gasteiger partial charge is 0.0636 e. The van der Waals surface area contributed by atoms with Crippen molar-refractivity contribution in [1.29, 1.82) is 0 Å². The topological polar surface area (TPSA) is 32.3 Å². The van der Waals surface area contributed by atoms with Crippen molar-refractivity contribution in [1.82, 2.24) is 5.32 Å². The van der Waals surface area contributed by atoms with E-state index in [9.17, 15) is 0 Å². The van der Waals surface area contributed by atoms with Gasteiger partial charge in [0.05, 0.1) is 6.10 Å². The van der Waals surface area contributed by atoms with Gasteiger partial charge in [-0.2, -0.15) is 0 Å². The number of rotatable bonds is 14. The second-order valence-corrected chi connectivity index (χ2v) is 5.59. The Kier molecular flexibility index (Phi) is 14.9. The molecule has 0 amide bonds. The van der Waals surface area contributed by atoms with Crippen LogP contribution < -0.4 is 5.32 Å². The number of unbranched alkanes of at least 4 members (excludes halogenated alkanes) is 10. The zero-order valence-electron chi connectivity index (χ0n) is 12.7. The van der Waals surface area contributed by atoms with Crippen molar-refractivity contribution in [2.45, 2.75) is 90.6 Å². The van der Waals surface area contributed by atoms with Crippen LogP contribution in [0.2, 0.25) is 0 Å². The number of aliphatic hydroxyl groups is 1. The fourth-order valence-electron chi connectivity index (χ4n) is 2.23. The molecule has 2 N–H and O–H groups in total. The third-order valence-corrected chi connectivity index (χ3v) is 3.40. The zero-order valence-corrected chi connectivity index (χ0v) is 12.7. The maximum Gasteiger partial charge on any atom is 0.0636 e. The molecule has 18 heavy (non-hydrogen) atoms. The van der Waals surface area contributed by atoms with Crippen molar-refractivity contribution in [3.63, 3.8) is 0 Å². The van der Waals surface area contributed by atoms with Gasteiger partial charge in [0.1, 0.15) is 0 Å². The molecule has 0 aliphatic heterocycles. The van der Waals surface area contributed by atoms with Crippen molar-refractivity contribution in [3.8, 4) is 0 Å². The Morgan fingerprint density at radius 3 is 1.67 bits per heavy atom. The molecule has 0 fully saturated rings. The lowest BCUT2D eigenvalue weighted by Crippen LogP contribution is -2.25. The lowest BCUT2D eigenvalue weighted by atomic mass is 10.1. The van der Waals surface area contributed by atoms with Crippen molar-refractivity contribution >= 4 is 0 Å². The number of hydrogen-bond acceptors (Lipinski definition) is 2. The van der Waals surface area contributed by atoms with Gasteiger partial charge < -0.3 is 10.4 Å². The molecule has 0 aromatic rings. The Morgan fingerprint density at radius 2 is 1.22 bits per heavy atom. The summed E-state index contributed by atoms with van der Waals surface area (Å²) >= 11 is 0. The van der Waals surface area contributed by atoms with E-state index in [1.54, 1.807) is 0 Å². The quantitative estimate of drug-likeness (QED) is 0.456. The Morgan fingerprint density at radius 1 is 0.778 bits per heavy atom. The van der Waals surface area contributed by atoms with Gasteiger partial charge in [-0.15, -0.1) is 0 Å². The molecule has 0 rings (SSSR count). The highest BCUT2D eigenvalue weighted by Gasteiger charge is 1.95. The minimum atomic E-state index is -0.210. The molecule has 0 radical (unpaired) electrons. The van der Waals surface area contributed by atoms with E-state index in [0.29, 0.717) is 0 Å². The van der Waals surface area contributed by atoms with Crippen molar-refractivity contribution in [2.24, 2.45) is 0 Å². The summed E-state index contributed by atoms with van der Waals surface area (Å²) in [6.45, 7) is 5.89. The van der Waals surface area contributed by atoms with E-state index in [1.807, 2.05) is 6.92 Å². The highest BCUT2D eigenvalue weighted by Crippen LogP contribution is 2.10. The lowest BCUT2D eigenvalue weighted by molar-refractivity contribution is 0.191. The third kappa shape index (κ3) is 15.9. The summed E-state index contributed by atoms with van der Waals surface area (Å²) in [7, 11) is 0. The van der Waals surface area contributed by atoms with Gasteiger partial charge in [0.25, 0.3) is 0 Å². The Balaban J connectivity index is 2.90. The number of aliphatic hydroxyl groups excluding tert-OH is 1. The monoisotopic (exact) mass is 257 g/mol. The summed E-state index contributed by atoms with van der Waals surface area (Å²) in [5.74, 6) is 0. The van der Waals surface area contributed by atoms with E-state index >= 15 is 0 Å². The first kappa shape index (κ1) is 17.9. The standard InChI is InChI=1S/C16H35NO/c1-3-4-5-6-7-8-9-10-11-12-13-14-17-15-16(2)18/h16-18H,3-15H2,1-2H3. The Labute approximate surface area is 115 Å². The first-order chi connectivity index (χ1) is 8.77. The van der Waals surface area contributed by atoms with E-state index < -0.39 is 0 Å². The lowest BCUT2D eigenvalue weighted by Gasteiger charge is -2.06. The minimum absolute atomic E-state index is 0.210. The van der Waals surface area contributed by atoms with Gasteiger partial charge in [-0.05, 0) is 19.9 Å². The van der Waals surface area contributed by atoms with Crippen molar-refractivity contribution in [3.05, 3.63) is 0 Å². The van der Waals surface area contributed by atoms with Gasteiger partial charge >= 0.3 is 0 Å². The molecule has 2 nitrogen and oxygen atoms in total. The zero-order chi connectivity index (χ0) is 13.5. The fourth-order valence-corrected chi connectivity index (χ4v) is 2.23. The highest BCUT2D eigenvalue weighted by molar-refractivity contribution is 4.53. The molecule has 2 heteroatoms. The first-order valence-electron chi connectivity index (χ1n) is 8.16. The number of nitrogens with one attached hydrogen (secondary N) is 1. The maximum absolute atomic E-state index is 9.07. The van der Waals surface area contributed by atoms with Gasteiger partial charge in [-0.3, -0.25) is 0 Å².